The van der Waals surface area contributed by atoms with Gasteiger partial charge in [-0.05, 0) is 25.3 Å². The molecule has 1 amide bonds. The van der Waals surface area contributed by atoms with E-state index in [9.17, 15) is 31.1 Å². The largest absolute Gasteiger partial charge is 0.471 e. The Kier molecular flexibility index (Phi) is 4.39. The van der Waals surface area contributed by atoms with Crippen LogP contribution in [-0.4, -0.2) is 28.4 Å². The molecule has 0 atom stereocenters. The van der Waals surface area contributed by atoms with Crippen molar-refractivity contribution in [1.82, 2.24) is 15.1 Å². The Morgan fingerprint density at radius 2 is 1.91 bits per heavy atom. The number of rotatable bonds is 5. The molecule has 0 bridgehead atoms. The summed E-state index contributed by atoms with van der Waals surface area (Å²) >= 11 is 0. The molecule has 0 unspecified atom stereocenters. The van der Waals surface area contributed by atoms with Gasteiger partial charge in [0.15, 0.2) is 5.69 Å². The van der Waals surface area contributed by atoms with E-state index in [0.717, 1.165) is 18.9 Å². The highest BCUT2D eigenvalue weighted by Crippen LogP contribution is 2.42. The molecule has 0 aromatic carbocycles. The summed E-state index contributed by atoms with van der Waals surface area (Å²) < 4.78 is 74.9. The molecule has 1 aliphatic rings. The number of hydrogen-bond donors (Lipinski definition) is 1. The maximum absolute atomic E-state index is 12.6. The highest BCUT2D eigenvalue weighted by atomic mass is 19.4. The highest BCUT2D eigenvalue weighted by Gasteiger charge is 2.39. The van der Waals surface area contributed by atoms with E-state index >= 15 is 0 Å². The number of carbonyl (C=O) groups excluding carboxylic acids is 1. The van der Waals surface area contributed by atoms with Gasteiger partial charge in [-0.15, -0.1) is 0 Å². The summed E-state index contributed by atoms with van der Waals surface area (Å²) in [6.45, 7) is -0.274. The Hall–Kier alpha value is -1.74. The summed E-state index contributed by atoms with van der Waals surface area (Å²) in [5.74, 6) is -2.04. The molecule has 1 aromatic rings. The topological polar surface area (TPSA) is 46.9 Å². The van der Waals surface area contributed by atoms with Crippen LogP contribution in [0, 0.1) is 0 Å². The van der Waals surface area contributed by atoms with E-state index in [0.29, 0.717) is 5.69 Å². The smallest absolute Gasteiger partial charge is 0.348 e. The maximum Gasteiger partial charge on any atom is 0.471 e. The molecule has 2 rings (SSSR count). The molecule has 0 spiro atoms. The van der Waals surface area contributed by atoms with Gasteiger partial charge in [0.1, 0.15) is 0 Å². The molecule has 1 aromatic heterocycles. The summed E-state index contributed by atoms with van der Waals surface area (Å²) in [5, 5.41) is 5.13. The van der Waals surface area contributed by atoms with Crippen LogP contribution in [0.3, 0.4) is 0 Å². The lowest BCUT2D eigenvalue weighted by Gasteiger charge is -2.09. The van der Waals surface area contributed by atoms with Crippen molar-refractivity contribution in [3.8, 4) is 0 Å². The molecule has 1 heterocycles. The molecule has 22 heavy (non-hydrogen) atoms. The molecule has 4 nitrogen and oxygen atoms in total. The van der Waals surface area contributed by atoms with Crippen LogP contribution < -0.4 is 5.32 Å². The minimum absolute atomic E-state index is 0.0139. The second kappa shape index (κ2) is 5.81. The number of aromatic nitrogens is 2. The SMILES string of the molecule is O=C(NCCCn1nc(C(F)(F)F)cc1C1CC1)C(F)(F)F. The van der Waals surface area contributed by atoms with Gasteiger partial charge in [-0.25, -0.2) is 0 Å². The van der Waals surface area contributed by atoms with Crippen LogP contribution >= 0.6 is 0 Å². The number of carbonyl (C=O) groups is 1. The van der Waals surface area contributed by atoms with Crippen molar-refractivity contribution in [1.29, 1.82) is 0 Å². The fourth-order valence-corrected chi connectivity index (χ4v) is 1.99. The van der Waals surface area contributed by atoms with Crippen LogP contribution in [0.25, 0.3) is 0 Å². The Labute approximate surface area is 121 Å². The van der Waals surface area contributed by atoms with Gasteiger partial charge in [0.05, 0.1) is 0 Å². The molecule has 1 saturated carbocycles. The fourth-order valence-electron chi connectivity index (χ4n) is 1.99. The number of alkyl halides is 6. The van der Waals surface area contributed by atoms with Gasteiger partial charge in [0.2, 0.25) is 0 Å². The van der Waals surface area contributed by atoms with Gasteiger partial charge < -0.3 is 5.32 Å². The van der Waals surface area contributed by atoms with Crippen molar-refractivity contribution in [2.75, 3.05) is 6.54 Å². The number of nitrogens with one attached hydrogen (secondary N) is 1. The first-order valence-electron chi connectivity index (χ1n) is 6.59. The van der Waals surface area contributed by atoms with Crippen molar-refractivity contribution in [2.45, 2.75) is 44.1 Å². The monoisotopic (exact) mass is 329 g/mol. The predicted molar refractivity (Wildman–Crippen MR) is 62.9 cm³/mol. The summed E-state index contributed by atoms with van der Waals surface area (Å²) in [5.41, 5.74) is -0.566. The Bertz CT molecular complexity index is 544. The number of amides is 1. The van der Waals surface area contributed by atoms with Crippen LogP contribution in [0.2, 0.25) is 0 Å². The first-order valence-corrected chi connectivity index (χ1v) is 6.59. The summed E-state index contributed by atoms with van der Waals surface area (Å²) in [4.78, 5) is 10.6. The molecule has 0 saturated heterocycles. The molecular weight excluding hydrogens is 316 g/mol. The molecule has 124 valence electrons. The van der Waals surface area contributed by atoms with E-state index in [1.54, 1.807) is 5.32 Å². The van der Waals surface area contributed by atoms with E-state index in [4.69, 9.17) is 0 Å². The van der Waals surface area contributed by atoms with E-state index < -0.39 is 24.0 Å². The third kappa shape index (κ3) is 4.14. The van der Waals surface area contributed by atoms with Crippen molar-refractivity contribution < 1.29 is 31.1 Å². The molecule has 1 fully saturated rings. The second-order valence-corrected chi connectivity index (χ2v) is 5.06. The van der Waals surface area contributed by atoms with Gasteiger partial charge in [0, 0.05) is 24.7 Å². The van der Waals surface area contributed by atoms with Crippen LogP contribution in [0.1, 0.15) is 36.6 Å². The minimum Gasteiger partial charge on any atom is -0.348 e. The standard InChI is InChI=1S/C12H13F6N3O/c13-11(14,15)9-6-8(7-2-3-7)21(20-9)5-1-4-19-10(22)12(16,17)18/h6-7H,1-5H2,(H,19,22). The number of hydrogen-bond acceptors (Lipinski definition) is 2. The van der Waals surface area contributed by atoms with E-state index in [2.05, 4.69) is 5.10 Å². The van der Waals surface area contributed by atoms with Crippen LogP contribution in [-0.2, 0) is 17.5 Å². The summed E-state index contributed by atoms with van der Waals surface area (Å²) in [6.07, 6.45) is -7.92. The maximum atomic E-state index is 12.6. The first-order chi connectivity index (χ1) is 10.1. The van der Waals surface area contributed by atoms with Gasteiger partial charge in [-0.3, -0.25) is 9.48 Å². The zero-order chi connectivity index (χ0) is 16.5. The summed E-state index contributed by atoms with van der Waals surface area (Å²) in [6, 6.07) is 0.978. The number of nitrogens with zero attached hydrogens (tertiary/aromatic N) is 2. The quantitative estimate of drug-likeness (QED) is 0.667. The van der Waals surface area contributed by atoms with Crippen LogP contribution in [0.5, 0.6) is 0 Å². The third-order valence-corrected chi connectivity index (χ3v) is 3.19. The van der Waals surface area contributed by atoms with E-state index in [-0.39, 0.29) is 25.4 Å². The normalized spacial score (nSPS) is 15.9. The average Bonchev–Trinajstić information content (AvgIpc) is 3.12. The second-order valence-electron chi connectivity index (χ2n) is 5.06. The fraction of sp³-hybridized carbons (Fsp3) is 0.667. The zero-order valence-electron chi connectivity index (χ0n) is 11.3. The Morgan fingerprint density at radius 1 is 1.27 bits per heavy atom. The van der Waals surface area contributed by atoms with Gasteiger partial charge in [-0.2, -0.15) is 31.4 Å². The lowest BCUT2D eigenvalue weighted by atomic mass is 10.2. The van der Waals surface area contributed by atoms with Crippen molar-refractivity contribution >= 4 is 5.91 Å². The van der Waals surface area contributed by atoms with Crippen molar-refractivity contribution in [2.24, 2.45) is 0 Å². The lowest BCUT2D eigenvalue weighted by molar-refractivity contribution is -0.173. The molecular formula is C12H13F6N3O. The van der Waals surface area contributed by atoms with Gasteiger partial charge >= 0.3 is 18.3 Å². The van der Waals surface area contributed by atoms with Crippen molar-refractivity contribution in [3.63, 3.8) is 0 Å². The first kappa shape index (κ1) is 16.6. The zero-order valence-corrected chi connectivity index (χ0v) is 11.3. The third-order valence-electron chi connectivity index (χ3n) is 3.19. The van der Waals surface area contributed by atoms with E-state index in [1.165, 1.54) is 4.68 Å². The van der Waals surface area contributed by atoms with Gasteiger partial charge in [0.25, 0.3) is 0 Å². The van der Waals surface area contributed by atoms with Crippen LogP contribution in [0.4, 0.5) is 26.3 Å². The molecule has 0 aliphatic heterocycles. The highest BCUT2D eigenvalue weighted by molar-refractivity contribution is 5.81. The van der Waals surface area contributed by atoms with Gasteiger partial charge in [-0.1, -0.05) is 0 Å². The van der Waals surface area contributed by atoms with Crippen LogP contribution in [0.15, 0.2) is 6.07 Å². The number of aryl methyl sites for hydroxylation is 1. The summed E-state index contributed by atoms with van der Waals surface area (Å²) in [7, 11) is 0. The molecule has 1 aliphatic carbocycles. The predicted octanol–water partition coefficient (Wildman–Crippen LogP) is 2.85. The lowest BCUT2D eigenvalue weighted by Crippen LogP contribution is -2.37. The van der Waals surface area contributed by atoms with Crippen molar-refractivity contribution in [3.05, 3.63) is 17.5 Å². The molecule has 1 N–H and O–H groups in total. The Balaban J connectivity index is 1.92. The molecule has 0 radical (unpaired) electrons. The van der Waals surface area contributed by atoms with E-state index in [1.807, 2.05) is 0 Å². The average molecular weight is 329 g/mol. The Morgan fingerprint density at radius 3 is 2.41 bits per heavy atom. The minimum atomic E-state index is -4.96. The number of halogens is 6. The molecule has 10 heteroatoms.